The quantitative estimate of drug-likeness (QED) is 0.374. The predicted molar refractivity (Wildman–Crippen MR) is 124 cm³/mol. The maximum absolute atomic E-state index is 5.09. The summed E-state index contributed by atoms with van der Waals surface area (Å²) in [5.41, 5.74) is 0.479. The molecule has 2 rings (SSSR count). The van der Waals surface area contributed by atoms with E-state index in [2.05, 4.69) is 75.5 Å². The van der Waals surface area contributed by atoms with Gasteiger partial charge in [0.05, 0.1) is 6.54 Å². The van der Waals surface area contributed by atoms with Crippen LogP contribution in [0.1, 0.15) is 48.5 Å². The highest BCUT2D eigenvalue weighted by Crippen LogP contribution is 2.46. The zero-order chi connectivity index (χ0) is 18.8. The van der Waals surface area contributed by atoms with Crippen molar-refractivity contribution < 1.29 is 0 Å². The van der Waals surface area contributed by atoms with Crippen LogP contribution in [0.15, 0.2) is 4.99 Å². The van der Waals surface area contributed by atoms with E-state index in [0.717, 1.165) is 38.7 Å². The van der Waals surface area contributed by atoms with Crippen LogP contribution in [0.4, 0.5) is 0 Å². The molecule has 1 atom stereocenters. The van der Waals surface area contributed by atoms with Gasteiger partial charge in [0.15, 0.2) is 5.96 Å². The molecular weight excluding hydrogens is 437 g/mol. The first kappa shape index (κ1) is 24.0. The zero-order valence-corrected chi connectivity index (χ0v) is 20.6. The molecule has 0 aromatic carbocycles. The molecule has 154 valence electrons. The van der Waals surface area contributed by atoms with Crippen molar-refractivity contribution in [3.05, 3.63) is 0 Å². The molecule has 2 saturated heterocycles. The highest BCUT2D eigenvalue weighted by molar-refractivity contribution is 14.0. The van der Waals surface area contributed by atoms with E-state index in [1.54, 1.807) is 0 Å². The topological polar surface area (TPSA) is 34.1 Å². The van der Waals surface area contributed by atoms with Crippen LogP contribution >= 0.6 is 24.0 Å². The number of aliphatic imine (C=N–C) groups is 1. The summed E-state index contributed by atoms with van der Waals surface area (Å²) in [5.74, 6) is 1.71. The molecule has 2 heterocycles. The maximum Gasteiger partial charge on any atom is 0.194 e. The lowest BCUT2D eigenvalue weighted by Gasteiger charge is -2.62. The highest BCUT2D eigenvalue weighted by atomic mass is 127. The van der Waals surface area contributed by atoms with Crippen molar-refractivity contribution in [1.29, 1.82) is 0 Å². The van der Waals surface area contributed by atoms with Crippen LogP contribution in [0, 0.1) is 11.3 Å². The molecule has 0 aliphatic carbocycles. The van der Waals surface area contributed by atoms with Crippen molar-refractivity contribution >= 4 is 29.9 Å². The van der Waals surface area contributed by atoms with Gasteiger partial charge in [-0.15, -0.1) is 24.0 Å². The summed E-state index contributed by atoms with van der Waals surface area (Å²) < 4.78 is 0. The Morgan fingerprint density at radius 1 is 1.08 bits per heavy atom. The highest BCUT2D eigenvalue weighted by Gasteiger charge is 2.53. The molecular formula is C20H42IN5. The Morgan fingerprint density at radius 3 is 2.08 bits per heavy atom. The second-order valence-corrected chi connectivity index (χ2v) is 9.37. The average Bonchev–Trinajstić information content (AvgIpc) is 2.53. The lowest BCUT2D eigenvalue weighted by Crippen LogP contribution is -2.72. The maximum atomic E-state index is 5.09. The summed E-state index contributed by atoms with van der Waals surface area (Å²) in [7, 11) is 2.22. The van der Waals surface area contributed by atoms with Gasteiger partial charge in [0.25, 0.3) is 0 Å². The molecule has 0 radical (unpaired) electrons. The molecule has 0 bridgehead atoms. The minimum absolute atomic E-state index is 0. The van der Waals surface area contributed by atoms with E-state index in [9.17, 15) is 0 Å². The molecule has 0 aromatic rings. The molecule has 1 unspecified atom stereocenters. The first-order valence-corrected chi connectivity index (χ1v) is 10.1. The normalized spacial score (nSPS) is 24.8. The van der Waals surface area contributed by atoms with Crippen LogP contribution in [-0.2, 0) is 0 Å². The summed E-state index contributed by atoms with van der Waals surface area (Å²) in [6.45, 7) is 23.8. The summed E-state index contributed by atoms with van der Waals surface area (Å²) >= 11 is 0. The molecule has 0 spiro atoms. The molecule has 2 fully saturated rings. The number of rotatable bonds is 5. The number of likely N-dealkylation sites (tertiary alicyclic amines) is 1. The Kier molecular flexibility index (Phi) is 8.67. The van der Waals surface area contributed by atoms with E-state index >= 15 is 0 Å². The van der Waals surface area contributed by atoms with Gasteiger partial charge >= 0.3 is 0 Å². The van der Waals surface area contributed by atoms with Gasteiger partial charge in [0, 0.05) is 56.3 Å². The standard InChI is InChI=1S/C20H41N5.HI/c1-9-21-18(25-15-19(4,5)20(25,6)7)22-14-17(16(2)3)24-12-10-23(8)11-13-24;/h16-17H,9-15H2,1-8H3,(H,21,22);1H. The number of guanidine groups is 1. The fourth-order valence-corrected chi connectivity index (χ4v) is 3.88. The Labute approximate surface area is 179 Å². The summed E-state index contributed by atoms with van der Waals surface area (Å²) in [6, 6.07) is 0.528. The monoisotopic (exact) mass is 479 g/mol. The van der Waals surface area contributed by atoms with Gasteiger partial charge in [0.2, 0.25) is 0 Å². The smallest absolute Gasteiger partial charge is 0.194 e. The molecule has 1 N–H and O–H groups in total. The molecule has 6 heteroatoms. The van der Waals surface area contributed by atoms with Gasteiger partial charge in [-0.3, -0.25) is 9.89 Å². The Bertz CT molecular complexity index is 467. The third-order valence-corrected chi connectivity index (χ3v) is 6.68. The zero-order valence-electron chi connectivity index (χ0n) is 18.3. The molecule has 0 saturated carbocycles. The molecule has 26 heavy (non-hydrogen) atoms. The number of nitrogens with zero attached hydrogens (tertiary/aromatic N) is 4. The van der Waals surface area contributed by atoms with Crippen molar-refractivity contribution in [2.45, 2.75) is 60.0 Å². The van der Waals surface area contributed by atoms with Crippen molar-refractivity contribution in [2.75, 3.05) is 52.9 Å². The number of halogens is 1. The van der Waals surface area contributed by atoms with Crippen LogP contribution < -0.4 is 5.32 Å². The van der Waals surface area contributed by atoms with E-state index in [-0.39, 0.29) is 29.5 Å². The number of hydrogen-bond donors (Lipinski definition) is 1. The van der Waals surface area contributed by atoms with E-state index in [1.807, 2.05) is 0 Å². The van der Waals surface area contributed by atoms with Gasteiger partial charge in [-0.05, 0) is 33.7 Å². The first-order chi connectivity index (χ1) is 11.6. The fraction of sp³-hybridized carbons (Fsp3) is 0.950. The van der Waals surface area contributed by atoms with Crippen LogP contribution in [0.2, 0.25) is 0 Å². The van der Waals surface area contributed by atoms with Crippen molar-refractivity contribution in [3.63, 3.8) is 0 Å². The third kappa shape index (κ3) is 5.04. The average molecular weight is 479 g/mol. The van der Waals surface area contributed by atoms with Gasteiger partial charge < -0.3 is 15.1 Å². The van der Waals surface area contributed by atoms with Gasteiger partial charge in [-0.25, -0.2) is 0 Å². The minimum Gasteiger partial charge on any atom is -0.356 e. The summed E-state index contributed by atoms with van der Waals surface area (Å²) in [6.07, 6.45) is 0. The SMILES string of the molecule is CCNC(=NCC(C(C)C)N1CCN(C)CC1)N1CC(C)(C)C1(C)C.I. The summed E-state index contributed by atoms with van der Waals surface area (Å²) in [4.78, 5) is 12.6. The van der Waals surface area contributed by atoms with Gasteiger partial charge in [-0.2, -0.15) is 0 Å². The second-order valence-electron chi connectivity index (χ2n) is 9.37. The number of nitrogens with one attached hydrogen (secondary N) is 1. The largest absolute Gasteiger partial charge is 0.356 e. The van der Waals surface area contributed by atoms with E-state index < -0.39 is 0 Å². The molecule has 2 aliphatic rings. The predicted octanol–water partition coefficient (Wildman–Crippen LogP) is 2.96. The summed E-state index contributed by atoms with van der Waals surface area (Å²) in [5, 5.41) is 3.53. The number of likely N-dealkylation sites (N-methyl/N-ethyl adjacent to an activating group) is 1. The van der Waals surface area contributed by atoms with E-state index in [4.69, 9.17) is 4.99 Å². The minimum atomic E-state index is 0. The van der Waals surface area contributed by atoms with Crippen LogP contribution in [0.3, 0.4) is 0 Å². The lowest BCUT2D eigenvalue weighted by molar-refractivity contribution is -0.0668. The second kappa shape index (κ2) is 9.41. The molecule has 0 aromatic heterocycles. The molecule has 0 amide bonds. The Morgan fingerprint density at radius 2 is 1.65 bits per heavy atom. The van der Waals surface area contributed by atoms with Crippen LogP contribution in [-0.4, -0.2) is 85.1 Å². The third-order valence-electron chi connectivity index (χ3n) is 6.68. The number of hydrogen-bond acceptors (Lipinski definition) is 3. The van der Waals surface area contributed by atoms with E-state index in [0.29, 0.717) is 17.4 Å². The fourth-order valence-electron chi connectivity index (χ4n) is 3.88. The molecule has 5 nitrogen and oxygen atoms in total. The Balaban J connectivity index is 0.00000338. The first-order valence-electron chi connectivity index (χ1n) is 10.1. The molecule has 2 aliphatic heterocycles. The van der Waals surface area contributed by atoms with Crippen LogP contribution in [0.5, 0.6) is 0 Å². The van der Waals surface area contributed by atoms with Gasteiger partial charge in [0.1, 0.15) is 0 Å². The van der Waals surface area contributed by atoms with Crippen molar-refractivity contribution in [2.24, 2.45) is 16.3 Å². The Hall–Kier alpha value is -0.0800. The lowest BCUT2D eigenvalue weighted by atomic mass is 9.65. The number of piperazine rings is 1. The van der Waals surface area contributed by atoms with Crippen molar-refractivity contribution in [3.8, 4) is 0 Å². The van der Waals surface area contributed by atoms with Gasteiger partial charge in [-0.1, -0.05) is 27.7 Å². The van der Waals surface area contributed by atoms with Crippen molar-refractivity contribution in [1.82, 2.24) is 20.0 Å². The van der Waals surface area contributed by atoms with E-state index in [1.165, 1.54) is 13.1 Å². The van der Waals surface area contributed by atoms with Crippen LogP contribution in [0.25, 0.3) is 0 Å².